The average Bonchev–Trinajstić information content (AvgIpc) is 2.69. The molecule has 1 aromatic carbocycles. The third-order valence-corrected chi connectivity index (χ3v) is 3.08. The molecule has 0 amide bonds. The van der Waals surface area contributed by atoms with E-state index in [0.29, 0.717) is 16.8 Å². The largest absolute Gasteiger partial charge is 0.294 e. The number of rotatable bonds is 4. The Kier molecular flexibility index (Phi) is 3.60. The van der Waals surface area contributed by atoms with E-state index < -0.39 is 0 Å². The maximum atomic E-state index is 12.1. The Bertz CT molecular complexity index is 641. The standard InChI is InChI=1S/C15H16N2O2/c1-10-6-4-5-7-12(10)14(18)8-15(19)13-9-17(3)16-11(13)2/h4-7,9H,8H2,1-3H3. The molecule has 0 bridgehead atoms. The molecule has 2 rings (SSSR count). The number of Topliss-reactive ketones (excluding diaryl/α,β-unsaturated/α-hetero) is 2. The minimum absolute atomic E-state index is 0.114. The van der Waals surface area contributed by atoms with Crippen LogP contribution in [0.5, 0.6) is 0 Å². The van der Waals surface area contributed by atoms with Gasteiger partial charge < -0.3 is 0 Å². The van der Waals surface area contributed by atoms with Gasteiger partial charge in [0.05, 0.1) is 17.7 Å². The third kappa shape index (κ3) is 2.78. The summed E-state index contributed by atoms with van der Waals surface area (Å²) < 4.78 is 1.58. The van der Waals surface area contributed by atoms with Crippen molar-refractivity contribution < 1.29 is 9.59 Å². The number of aryl methyl sites for hydroxylation is 3. The Morgan fingerprint density at radius 1 is 1.11 bits per heavy atom. The first-order valence-corrected chi connectivity index (χ1v) is 6.11. The van der Waals surface area contributed by atoms with Crippen LogP contribution in [-0.4, -0.2) is 21.3 Å². The minimum Gasteiger partial charge on any atom is -0.294 e. The van der Waals surface area contributed by atoms with Crippen LogP contribution in [0.3, 0.4) is 0 Å². The van der Waals surface area contributed by atoms with E-state index in [1.807, 2.05) is 19.1 Å². The molecule has 4 heteroatoms. The zero-order valence-electron chi connectivity index (χ0n) is 11.3. The molecule has 19 heavy (non-hydrogen) atoms. The fourth-order valence-electron chi connectivity index (χ4n) is 2.10. The maximum Gasteiger partial charge on any atom is 0.174 e. The van der Waals surface area contributed by atoms with E-state index in [2.05, 4.69) is 5.10 Å². The highest BCUT2D eigenvalue weighted by Crippen LogP contribution is 2.14. The van der Waals surface area contributed by atoms with Crippen molar-refractivity contribution in [3.8, 4) is 0 Å². The fourth-order valence-corrected chi connectivity index (χ4v) is 2.10. The number of hydrogen-bond donors (Lipinski definition) is 0. The quantitative estimate of drug-likeness (QED) is 0.624. The molecule has 98 valence electrons. The summed E-state index contributed by atoms with van der Waals surface area (Å²) in [7, 11) is 1.76. The summed E-state index contributed by atoms with van der Waals surface area (Å²) in [6.45, 7) is 3.64. The lowest BCUT2D eigenvalue weighted by molar-refractivity contribution is 0.0893. The van der Waals surface area contributed by atoms with Crippen molar-refractivity contribution >= 4 is 11.6 Å². The monoisotopic (exact) mass is 256 g/mol. The second-order valence-corrected chi connectivity index (χ2v) is 4.64. The van der Waals surface area contributed by atoms with Crippen LogP contribution in [0, 0.1) is 13.8 Å². The summed E-state index contributed by atoms with van der Waals surface area (Å²) in [4.78, 5) is 24.2. The summed E-state index contributed by atoms with van der Waals surface area (Å²) in [5.41, 5.74) is 2.68. The molecule has 0 aliphatic rings. The van der Waals surface area contributed by atoms with Crippen molar-refractivity contribution in [1.82, 2.24) is 9.78 Å². The van der Waals surface area contributed by atoms with Gasteiger partial charge in [0, 0.05) is 18.8 Å². The van der Waals surface area contributed by atoms with Crippen molar-refractivity contribution in [2.45, 2.75) is 20.3 Å². The molecule has 0 radical (unpaired) electrons. The van der Waals surface area contributed by atoms with Crippen molar-refractivity contribution in [1.29, 1.82) is 0 Å². The predicted octanol–water partition coefficient (Wildman–Crippen LogP) is 2.49. The van der Waals surface area contributed by atoms with Gasteiger partial charge in [0.1, 0.15) is 0 Å². The maximum absolute atomic E-state index is 12.1. The number of ketones is 2. The molecule has 0 spiro atoms. The summed E-state index contributed by atoms with van der Waals surface area (Å²) >= 11 is 0. The number of carbonyl (C=O) groups is 2. The Morgan fingerprint density at radius 3 is 2.32 bits per heavy atom. The lowest BCUT2D eigenvalue weighted by Gasteiger charge is -2.03. The predicted molar refractivity (Wildman–Crippen MR) is 72.4 cm³/mol. The van der Waals surface area contributed by atoms with Gasteiger partial charge in [0.15, 0.2) is 11.6 Å². The van der Waals surface area contributed by atoms with E-state index in [0.717, 1.165) is 5.56 Å². The summed E-state index contributed by atoms with van der Waals surface area (Å²) in [6, 6.07) is 7.30. The first kappa shape index (κ1) is 13.2. The Hall–Kier alpha value is -2.23. The summed E-state index contributed by atoms with van der Waals surface area (Å²) in [6.07, 6.45) is 1.54. The Morgan fingerprint density at radius 2 is 1.74 bits per heavy atom. The summed E-state index contributed by atoms with van der Waals surface area (Å²) in [5, 5.41) is 4.11. The molecule has 4 nitrogen and oxygen atoms in total. The van der Waals surface area contributed by atoms with Crippen LogP contribution in [0.15, 0.2) is 30.5 Å². The molecule has 0 unspecified atom stereocenters. The lowest BCUT2D eigenvalue weighted by Crippen LogP contribution is -2.10. The van der Waals surface area contributed by atoms with Gasteiger partial charge in [0.25, 0.3) is 0 Å². The Labute approximate surface area is 112 Å². The van der Waals surface area contributed by atoms with Crippen molar-refractivity contribution in [3.05, 3.63) is 52.8 Å². The van der Waals surface area contributed by atoms with Gasteiger partial charge in [-0.25, -0.2) is 0 Å². The van der Waals surface area contributed by atoms with E-state index in [-0.39, 0.29) is 18.0 Å². The van der Waals surface area contributed by atoms with E-state index in [1.54, 1.807) is 37.0 Å². The Balaban J connectivity index is 2.18. The van der Waals surface area contributed by atoms with Crippen molar-refractivity contribution in [3.63, 3.8) is 0 Å². The molecule has 0 saturated carbocycles. The fraction of sp³-hybridized carbons (Fsp3) is 0.267. The second kappa shape index (κ2) is 5.18. The molecule has 0 saturated heterocycles. The number of benzene rings is 1. The van der Waals surface area contributed by atoms with Gasteiger partial charge in [-0.3, -0.25) is 14.3 Å². The molecule has 0 atom stereocenters. The lowest BCUT2D eigenvalue weighted by atomic mass is 9.99. The van der Waals surface area contributed by atoms with Crippen LogP contribution < -0.4 is 0 Å². The molecule has 1 heterocycles. The van der Waals surface area contributed by atoms with Crippen LogP contribution >= 0.6 is 0 Å². The first-order valence-electron chi connectivity index (χ1n) is 6.11. The van der Waals surface area contributed by atoms with Gasteiger partial charge in [-0.1, -0.05) is 24.3 Å². The van der Waals surface area contributed by atoms with Crippen LogP contribution in [0.25, 0.3) is 0 Å². The van der Waals surface area contributed by atoms with E-state index in [9.17, 15) is 9.59 Å². The smallest absolute Gasteiger partial charge is 0.174 e. The van der Waals surface area contributed by atoms with Crippen molar-refractivity contribution in [2.24, 2.45) is 7.05 Å². The molecular weight excluding hydrogens is 240 g/mol. The molecule has 1 aromatic heterocycles. The molecular formula is C15H16N2O2. The normalized spacial score (nSPS) is 10.5. The van der Waals surface area contributed by atoms with E-state index in [1.165, 1.54) is 0 Å². The van der Waals surface area contributed by atoms with Crippen LogP contribution in [0.1, 0.15) is 38.4 Å². The first-order chi connectivity index (χ1) is 8.99. The molecule has 2 aromatic rings. The number of hydrogen-bond acceptors (Lipinski definition) is 3. The van der Waals surface area contributed by atoms with Gasteiger partial charge in [-0.15, -0.1) is 0 Å². The van der Waals surface area contributed by atoms with E-state index >= 15 is 0 Å². The molecule has 0 fully saturated rings. The SMILES string of the molecule is Cc1ccccc1C(=O)CC(=O)c1cn(C)nc1C. The van der Waals surface area contributed by atoms with Gasteiger partial charge in [-0.05, 0) is 19.4 Å². The van der Waals surface area contributed by atoms with Gasteiger partial charge in [0.2, 0.25) is 0 Å². The zero-order valence-corrected chi connectivity index (χ0v) is 11.3. The molecule has 0 aliphatic carbocycles. The summed E-state index contributed by atoms with van der Waals surface area (Å²) in [5.74, 6) is -0.329. The topological polar surface area (TPSA) is 52.0 Å². The van der Waals surface area contributed by atoms with Crippen LogP contribution in [0.2, 0.25) is 0 Å². The highest BCUT2D eigenvalue weighted by Gasteiger charge is 2.18. The van der Waals surface area contributed by atoms with Gasteiger partial charge >= 0.3 is 0 Å². The highest BCUT2D eigenvalue weighted by molar-refractivity contribution is 6.14. The highest BCUT2D eigenvalue weighted by atomic mass is 16.1. The van der Waals surface area contributed by atoms with Crippen LogP contribution in [0.4, 0.5) is 0 Å². The second-order valence-electron chi connectivity index (χ2n) is 4.64. The van der Waals surface area contributed by atoms with E-state index in [4.69, 9.17) is 0 Å². The number of carbonyl (C=O) groups excluding carboxylic acids is 2. The van der Waals surface area contributed by atoms with Crippen molar-refractivity contribution in [2.75, 3.05) is 0 Å². The van der Waals surface area contributed by atoms with Crippen LogP contribution in [-0.2, 0) is 7.05 Å². The average molecular weight is 256 g/mol. The minimum atomic E-state index is -0.182. The molecule has 0 N–H and O–H groups in total. The zero-order chi connectivity index (χ0) is 14.0. The molecule has 0 aliphatic heterocycles. The number of nitrogens with zero attached hydrogens (tertiary/aromatic N) is 2. The van der Waals surface area contributed by atoms with Gasteiger partial charge in [-0.2, -0.15) is 5.10 Å². The third-order valence-electron chi connectivity index (χ3n) is 3.08. The number of aromatic nitrogens is 2.